The van der Waals surface area contributed by atoms with E-state index in [-0.39, 0.29) is 17.3 Å². The van der Waals surface area contributed by atoms with Gasteiger partial charge in [-0.15, -0.1) is 0 Å². The monoisotopic (exact) mass is 428 g/mol. The highest BCUT2D eigenvalue weighted by atomic mass is 14.7. The van der Waals surface area contributed by atoms with E-state index in [1.54, 1.807) is 18.5 Å². The number of pyridine rings is 1. The molecule has 1 aromatic heterocycles. The summed E-state index contributed by atoms with van der Waals surface area (Å²) in [5, 5.41) is 17.0. The molecule has 0 amide bonds. The molecule has 4 heteroatoms. The quantitative estimate of drug-likeness (QED) is 0.452. The average molecular weight is 429 g/mol. The molecule has 160 valence electrons. The van der Waals surface area contributed by atoms with Crippen LogP contribution in [0.25, 0.3) is 22.3 Å². The van der Waals surface area contributed by atoms with Crippen LogP contribution in [0.2, 0.25) is 0 Å². The Labute approximate surface area is 193 Å². The highest BCUT2D eigenvalue weighted by molar-refractivity contribution is 6.61. The minimum Gasteiger partial charge on any atom is -0.299 e. The molecule has 0 spiro atoms. The molecule has 33 heavy (non-hydrogen) atoms. The number of rotatable bonds is 4. The van der Waals surface area contributed by atoms with Gasteiger partial charge in [-0.25, -0.2) is 0 Å². The first-order valence-corrected chi connectivity index (χ1v) is 11.0. The van der Waals surface area contributed by atoms with Crippen LogP contribution in [0.3, 0.4) is 0 Å². The van der Waals surface area contributed by atoms with Crippen LogP contribution in [0.5, 0.6) is 0 Å². The molecular weight excluding hydrogens is 404 g/mol. The predicted octanol–water partition coefficient (Wildman–Crippen LogP) is 6.59. The zero-order valence-electron chi connectivity index (χ0n) is 18.4. The van der Waals surface area contributed by atoms with Gasteiger partial charge in [-0.2, -0.15) is 0 Å². The lowest BCUT2D eigenvalue weighted by molar-refractivity contribution is 0.681. The molecule has 1 aliphatic carbocycles. The van der Waals surface area contributed by atoms with Gasteiger partial charge in [-0.3, -0.25) is 20.8 Å². The van der Waals surface area contributed by atoms with Gasteiger partial charge in [0.2, 0.25) is 0 Å². The van der Waals surface area contributed by atoms with E-state index >= 15 is 0 Å². The Bertz CT molecular complexity index is 1360. The van der Waals surface area contributed by atoms with E-state index < -0.39 is 0 Å². The summed E-state index contributed by atoms with van der Waals surface area (Å²) in [5.41, 5.74) is 7.52. The normalized spacial score (nSPS) is 19.9. The molecule has 3 aromatic rings. The number of hydrogen-bond acceptors (Lipinski definition) is 4. The van der Waals surface area contributed by atoms with Crippen molar-refractivity contribution in [3.8, 4) is 11.1 Å². The van der Waals surface area contributed by atoms with Gasteiger partial charge in [0, 0.05) is 42.2 Å². The second-order valence-electron chi connectivity index (χ2n) is 8.41. The van der Waals surface area contributed by atoms with Crippen molar-refractivity contribution in [3.05, 3.63) is 114 Å². The lowest BCUT2D eigenvalue weighted by Crippen LogP contribution is -2.16. The summed E-state index contributed by atoms with van der Waals surface area (Å²) in [6, 6.07) is 20.6. The summed E-state index contributed by atoms with van der Waals surface area (Å²) in [6.07, 6.45) is 13.4. The van der Waals surface area contributed by atoms with Gasteiger partial charge in [0.15, 0.2) is 0 Å². The Kier molecular flexibility index (Phi) is 5.49. The fourth-order valence-corrected chi connectivity index (χ4v) is 4.38. The van der Waals surface area contributed by atoms with Gasteiger partial charge in [0.05, 0.1) is 11.4 Å². The maximum atomic E-state index is 8.57. The van der Waals surface area contributed by atoms with Crippen molar-refractivity contribution in [1.29, 1.82) is 10.8 Å². The lowest BCUT2D eigenvalue weighted by Gasteiger charge is -2.22. The molecule has 2 unspecified atom stereocenters. The van der Waals surface area contributed by atoms with Crippen LogP contribution >= 0.6 is 0 Å². The number of allylic oxidation sites excluding steroid dienone is 5. The van der Waals surface area contributed by atoms with E-state index in [4.69, 9.17) is 10.8 Å². The van der Waals surface area contributed by atoms with E-state index in [1.165, 1.54) is 5.56 Å². The number of hydrogen-bond donors (Lipinski definition) is 2. The number of aromatic nitrogens is 1. The first kappa shape index (κ1) is 20.7. The standard InChI is InChI=1S/C29H24N4/c1-19-18-33-13-10-26(19)23-6-3-5-22(15-23)25-16-27(29(31)28(30)17-25)24-7-2-4-21(14-24)20-8-11-32-12-9-20/h2-19,26,30-31H,1H3. The number of nitrogens with one attached hydrogen (secondary N) is 2. The van der Waals surface area contributed by atoms with E-state index in [2.05, 4.69) is 59.4 Å². The summed E-state index contributed by atoms with van der Waals surface area (Å²) in [4.78, 5) is 8.36. The van der Waals surface area contributed by atoms with Crippen molar-refractivity contribution >= 4 is 28.8 Å². The van der Waals surface area contributed by atoms with Gasteiger partial charge in [-0.1, -0.05) is 55.5 Å². The van der Waals surface area contributed by atoms with Crippen LogP contribution in [0, 0.1) is 16.7 Å². The van der Waals surface area contributed by atoms with Crippen LogP contribution in [0.1, 0.15) is 29.5 Å². The van der Waals surface area contributed by atoms with E-state index in [9.17, 15) is 0 Å². The molecule has 2 heterocycles. The SMILES string of the molecule is CC1C=NC=CC1c1cccc(C2=CC(=N)C(=N)C(c3cccc(-c4ccncc4)c3)=C2)c1. The third kappa shape index (κ3) is 4.15. The lowest BCUT2D eigenvalue weighted by atomic mass is 9.83. The van der Waals surface area contributed by atoms with Crippen molar-refractivity contribution < 1.29 is 0 Å². The summed E-state index contributed by atoms with van der Waals surface area (Å²) in [7, 11) is 0. The van der Waals surface area contributed by atoms with Crippen LogP contribution < -0.4 is 0 Å². The molecule has 0 fully saturated rings. The third-order valence-electron chi connectivity index (χ3n) is 6.20. The fraction of sp³-hybridized carbons (Fsp3) is 0.103. The Balaban J connectivity index is 1.53. The van der Waals surface area contributed by atoms with Crippen molar-refractivity contribution in [2.45, 2.75) is 12.8 Å². The molecule has 4 nitrogen and oxygen atoms in total. The molecule has 0 saturated heterocycles. The smallest absolute Gasteiger partial charge is 0.0867 e. The van der Waals surface area contributed by atoms with E-state index in [0.717, 1.165) is 33.4 Å². The maximum absolute atomic E-state index is 8.57. The first-order valence-electron chi connectivity index (χ1n) is 11.0. The second-order valence-corrected chi connectivity index (χ2v) is 8.41. The summed E-state index contributed by atoms with van der Waals surface area (Å²) >= 11 is 0. The molecule has 2 aliphatic rings. The zero-order valence-corrected chi connectivity index (χ0v) is 18.4. The molecular formula is C29H24N4. The van der Waals surface area contributed by atoms with Crippen molar-refractivity contribution in [1.82, 2.24) is 4.98 Å². The highest BCUT2D eigenvalue weighted by Gasteiger charge is 2.21. The topological polar surface area (TPSA) is 73.0 Å². The summed E-state index contributed by atoms with van der Waals surface area (Å²) < 4.78 is 0. The van der Waals surface area contributed by atoms with Gasteiger partial charge < -0.3 is 0 Å². The largest absolute Gasteiger partial charge is 0.299 e. The zero-order chi connectivity index (χ0) is 22.8. The molecule has 0 saturated carbocycles. The molecule has 2 atom stereocenters. The Morgan fingerprint density at radius 1 is 0.788 bits per heavy atom. The minimum atomic E-state index is 0.222. The van der Waals surface area contributed by atoms with Gasteiger partial charge in [0.1, 0.15) is 0 Å². The van der Waals surface area contributed by atoms with Crippen molar-refractivity contribution in [3.63, 3.8) is 0 Å². The summed E-state index contributed by atoms with van der Waals surface area (Å²) in [5.74, 6) is 0.615. The number of nitrogens with zero attached hydrogens (tertiary/aromatic N) is 2. The van der Waals surface area contributed by atoms with Gasteiger partial charge >= 0.3 is 0 Å². The van der Waals surface area contributed by atoms with Crippen molar-refractivity contribution in [2.24, 2.45) is 10.9 Å². The molecule has 0 bridgehead atoms. The van der Waals surface area contributed by atoms with Crippen LogP contribution in [0.15, 0.2) is 102 Å². The Hall–Kier alpha value is -4.18. The van der Waals surface area contributed by atoms with Crippen molar-refractivity contribution in [2.75, 3.05) is 0 Å². The molecule has 1 aliphatic heterocycles. The third-order valence-corrected chi connectivity index (χ3v) is 6.20. The number of aliphatic imine (C=N–C) groups is 1. The van der Waals surface area contributed by atoms with Gasteiger partial charge in [0.25, 0.3) is 0 Å². The number of benzene rings is 2. The second kappa shape index (κ2) is 8.75. The maximum Gasteiger partial charge on any atom is 0.0867 e. The molecule has 2 N–H and O–H groups in total. The van der Waals surface area contributed by atoms with Crippen LogP contribution in [0.4, 0.5) is 0 Å². The average Bonchev–Trinajstić information content (AvgIpc) is 2.86. The summed E-state index contributed by atoms with van der Waals surface area (Å²) in [6.45, 7) is 2.18. The predicted molar refractivity (Wildman–Crippen MR) is 137 cm³/mol. The molecule has 2 aromatic carbocycles. The van der Waals surface area contributed by atoms with Crippen LogP contribution in [-0.2, 0) is 0 Å². The minimum absolute atomic E-state index is 0.222. The Morgan fingerprint density at radius 3 is 2.36 bits per heavy atom. The van der Waals surface area contributed by atoms with E-state index in [0.29, 0.717) is 5.92 Å². The molecule has 5 rings (SSSR count). The van der Waals surface area contributed by atoms with Gasteiger partial charge in [-0.05, 0) is 63.7 Å². The first-order chi connectivity index (χ1) is 16.1. The highest BCUT2D eigenvalue weighted by Crippen LogP contribution is 2.33. The molecule has 0 radical (unpaired) electrons. The van der Waals surface area contributed by atoms with E-state index in [1.807, 2.05) is 42.8 Å². The fourth-order valence-electron chi connectivity index (χ4n) is 4.38. The van der Waals surface area contributed by atoms with Crippen LogP contribution in [-0.4, -0.2) is 22.6 Å². The Morgan fingerprint density at radius 2 is 1.55 bits per heavy atom.